The molecule has 0 spiro atoms. The van der Waals surface area contributed by atoms with Crippen LogP contribution in [0.2, 0.25) is 0 Å². The minimum absolute atomic E-state index is 0.0831. The van der Waals surface area contributed by atoms with Crippen molar-refractivity contribution in [3.8, 4) is 11.5 Å². The predicted molar refractivity (Wildman–Crippen MR) is 76.4 cm³/mol. The average molecular weight is 329 g/mol. The zero-order chi connectivity index (χ0) is 17.0. The minimum atomic E-state index is -3.07. The molecule has 2 aromatic rings. The van der Waals surface area contributed by atoms with Crippen molar-refractivity contribution in [1.29, 1.82) is 0 Å². The number of halogens is 4. The first-order chi connectivity index (χ1) is 10.9. The van der Waals surface area contributed by atoms with Gasteiger partial charge in [0, 0.05) is 23.7 Å². The summed E-state index contributed by atoms with van der Waals surface area (Å²) in [4.78, 5) is 0. The molecule has 2 aromatic carbocycles. The van der Waals surface area contributed by atoms with Crippen LogP contribution in [0.4, 0.5) is 17.6 Å². The molecule has 0 bridgehead atoms. The van der Waals surface area contributed by atoms with Crippen LogP contribution in [0.25, 0.3) is 0 Å². The second-order valence-corrected chi connectivity index (χ2v) is 4.90. The Bertz CT molecular complexity index is 679. The van der Waals surface area contributed by atoms with Crippen molar-refractivity contribution in [3.05, 3.63) is 59.2 Å². The van der Waals surface area contributed by atoms with E-state index in [1.807, 2.05) is 0 Å². The minimum Gasteiger partial charge on any atom is -0.508 e. The molecule has 3 nitrogen and oxygen atoms in total. The molecule has 0 saturated heterocycles. The SMILES string of the molecule is CC(NCc1c(F)cccc1OC(F)F)c1cc(O)ccc1F. The predicted octanol–water partition coefficient (Wildman–Crippen LogP) is 4.12. The molecule has 1 atom stereocenters. The summed E-state index contributed by atoms with van der Waals surface area (Å²) >= 11 is 0. The van der Waals surface area contributed by atoms with Gasteiger partial charge < -0.3 is 15.2 Å². The molecule has 2 rings (SSSR count). The third-order valence-electron chi connectivity index (χ3n) is 3.32. The van der Waals surface area contributed by atoms with Crippen LogP contribution in [0.1, 0.15) is 24.1 Å². The van der Waals surface area contributed by atoms with E-state index in [9.17, 15) is 22.7 Å². The normalized spacial score (nSPS) is 12.4. The highest BCUT2D eigenvalue weighted by atomic mass is 19.3. The maximum atomic E-state index is 13.8. The molecule has 2 N–H and O–H groups in total. The number of alkyl halides is 2. The number of phenols is 1. The lowest BCUT2D eigenvalue weighted by Gasteiger charge is -2.17. The van der Waals surface area contributed by atoms with Gasteiger partial charge in [-0.2, -0.15) is 8.78 Å². The lowest BCUT2D eigenvalue weighted by atomic mass is 10.1. The lowest BCUT2D eigenvalue weighted by molar-refractivity contribution is -0.0507. The molecule has 0 aliphatic heterocycles. The van der Waals surface area contributed by atoms with Crippen molar-refractivity contribution in [2.75, 3.05) is 0 Å². The van der Waals surface area contributed by atoms with Crippen LogP contribution in [0.15, 0.2) is 36.4 Å². The molecule has 0 radical (unpaired) electrons. The van der Waals surface area contributed by atoms with Crippen LogP contribution in [-0.2, 0) is 6.54 Å². The van der Waals surface area contributed by atoms with E-state index in [0.29, 0.717) is 0 Å². The topological polar surface area (TPSA) is 41.5 Å². The Kier molecular flexibility index (Phi) is 5.44. The van der Waals surface area contributed by atoms with Gasteiger partial charge in [-0.3, -0.25) is 0 Å². The monoisotopic (exact) mass is 329 g/mol. The molecule has 7 heteroatoms. The van der Waals surface area contributed by atoms with Gasteiger partial charge in [0.2, 0.25) is 0 Å². The van der Waals surface area contributed by atoms with E-state index in [1.165, 1.54) is 24.3 Å². The van der Waals surface area contributed by atoms with Gasteiger partial charge in [0.1, 0.15) is 23.1 Å². The highest BCUT2D eigenvalue weighted by molar-refractivity contribution is 5.35. The molecule has 0 fully saturated rings. The Hall–Kier alpha value is -2.28. The van der Waals surface area contributed by atoms with Gasteiger partial charge in [0.05, 0.1) is 0 Å². The van der Waals surface area contributed by atoms with Gasteiger partial charge in [-0.15, -0.1) is 0 Å². The third-order valence-corrected chi connectivity index (χ3v) is 3.32. The van der Waals surface area contributed by atoms with Gasteiger partial charge >= 0.3 is 6.61 Å². The molecular formula is C16H15F4NO2. The van der Waals surface area contributed by atoms with E-state index >= 15 is 0 Å². The summed E-state index contributed by atoms with van der Waals surface area (Å²) < 4.78 is 56.5. The zero-order valence-corrected chi connectivity index (χ0v) is 12.2. The molecule has 0 aliphatic rings. The highest BCUT2D eigenvalue weighted by Gasteiger charge is 2.16. The summed E-state index contributed by atoms with van der Waals surface area (Å²) in [6, 6.07) is 6.58. The number of benzene rings is 2. The summed E-state index contributed by atoms with van der Waals surface area (Å²) in [6.45, 7) is -1.62. The second kappa shape index (κ2) is 7.32. The summed E-state index contributed by atoms with van der Waals surface area (Å²) in [6.07, 6.45) is 0. The summed E-state index contributed by atoms with van der Waals surface area (Å²) in [5, 5.41) is 12.2. The molecule has 1 unspecified atom stereocenters. The van der Waals surface area contributed by atoms with Crippen LogP contribution < -0.4 is 10.1 Å². The Balaban J connectivity index is 2.15. The maximum Gasteiger partial charge on any atom is 0.387 e. The van der Waals surface area contributed by atoms with E-state index in [-0.39, 0.29) is 29.2 Å². The quantitative estimate of drug-likeness (QED) is 0.783. The van der Waals surface area contributed by atoms with Gasteiger partial charge in [0.15, 0.2) is 0 Å². The van der Waals surface area contributed by atoms with E-state index in [0.717, 1.165) is 12.1 Å². The smallest absolute Gasteiger partial charge is 0.387 e. The maximum absolute atomic E-state index is 13.8. The number of rotatable bonds is 6. The van der Waals surface area contributed by atoms with Crippen LogP contribution in [0.3, 0.4) is 0 Å². The van der Waals surface area contributed by atoms with Crippen LogP contribution in [-0.4, -0.2) is 11.7 Å². The van der Waals surface area contributed by atoms with Crippen molar-refractivity contribution in [1.82, 2.24) is 5.32 Å². The van der Waals surface area contributed by atoms with Crippen LogP contribution >= 0.6 is 0 Å². The third kappa shape index (κ3) is 4.35. The summed E-state index contributed by atoms with van der Waals surface area (Å²) in [7, 11) is 0. The average Bonchev–Trinajstić information content (AvgIpc) is 2.48. The first kappa shape index (κ1) is 17.1. The molecule has 0 amide bonds. The van der Waals surface area contributed by atoms with Crippen molar-refractivity contribution in [3.63, 3.8) is 0 Å². The Labute approximate surface area is 130 Å². The number of ether oxygens (including phenoxy) is 1. The van der Waals surface area contributed by atoms with Crippen molar-refractivity contribution < 1.29 is 27.4 Å². The molecule has 0 aromatic heterocycles. The Morgan fingerprint density at radius 2 is 1.87 bits per heavy atom. The molecular weight excluding hydrogens is 314 g/mol. The Morgan fingerprint density at radius 1 is 1.13 bits per heavy atom. The van der Waals surface area contributed by atoms with E-state index < -0.39 is 24.3 Å². The molecule has 124 valence electrons. The fourth-order valence-corrected chi connectivity index (χ4v) is 2.14. The fraction of sp³-hybridized carbons (Fsp3) is 0.250. The van der Waals surface area contributed by atoms with Crippen molar-refractivity contribution in [2.45, 2.75) is 26.1 Å². The van der Waals surface area contributed by atoms with Crippen molar-refractivity contribution >= 4 is 0 Å². The van der Waals surface area contributed by atoms with E-state index in [2.05, 4.69) is 10.1 Å². The van der Waals surface area contributed by atoms with Gasteiger partial charge in [-0.05, 0) is 37.3 Å². The second-order valence-electron chi connectivity index (χ2n) is 4.90. The standard InChI is InChI=1S/C16H15F4NO2/c1-9(11-7-10(22)5-6-14(11)18)21-8-12-13(17)3-2-4-15(12)23-16(19)20/h2-7,9,16,21-22H,8H2,1H3. The first-order valence-electron chi connectivity index (χ1n) is 6.82. The highest BCUT2D eigenvalue weighted by Crippen LogP contribution is 2.26. The summed E-state index contributed by atoms with van der Waals surface area (Å²) in [5.41, 5.74) is 0.0953. The fourth-order valence-electron chi connectivity index (χ4n) is 2.14. The number of nitrogens with one attached hydrogen (secondary N) is 1. The van der Waals surface area contributed by atoms with Crippen LogP contribution in [0, 0.1) is 11.6 Å². The number of phenolic OH excluding ortho intramolecular Hbond substituents is 1. The van der Waals surface area contributed by atoms with E-state index in [1.54, 1.807) is 6.92 Å². The number of hydrogen-bond donors (Lipinski definition) is 2. The largest absolute Gasteiger partial charge is 0.508 e. The molecule has 0 saturated carbocycles. The summed E-state index contributed by atoms with van der Waals surface area (Å²) in [5.74, 6) is -1.64. The van der Waals surface area contributed by atoms with Crippen LogP contribution in [0.5, 0.6) is 11.5 Å². The molecule has 0 aliphatic carbocycles. The Morgan fingerprint density at radius 3 is 2.57 bits per heavy atom. The molecule has 0 heterocycles. The number of aromatic hydroxyl groups is 1. The lowest BCUT2D eigenvalue weighted by Crippen LogP contribution is -2.20. The molecule has 23 heavy (non-hydrogen) atoms. The van der Waals surface area contributed by atoms with Gasteiger partial charge in [0.25, 0.3) is 0 Å². The van der Waals surface area contributed by atoms with Crippen molar-refractivity contribution in [2.24, 2.45) is 0 Å². The first-order valence-corrected chi connectivity index (χ1v) is 6.82. The van der Waals surface area contributed by atoms with Gasteiger partial charge in [-0.25, -0.2) is 8.78 Å². The van der Waals surface area contributed by atoms with E-state index in [4.69, 9.17) is 0 Å². The van der Waals surface area contributed by atoms with Gasteiger partial charge in [-0.1, -0.05) is 6.07 Å². The number of hydrogen-bond acceptors (Lipinski definition) is 3. The zero-order valence-electron chi connectivity index (χ0n) is 12.2.